The largest absolute Gasteiger partial charge is 0.328 e. The fourth-order valence-electron chi connectivity index (χ4n) is 1.13. The smallest absolute Gasteiger partial charge is 0.199 e. The summed E-state index contributed by atoms with van der Waals surface area (Å²) in [4.78, 5) is 23.2. The number of H-pyrrole nitrogens is 1. The van der Waals surface area contributed by atoms with Gasteiger partial charge in [0.05, 0.1) is 6.33 Å². The molecule has 2 aromatic rings. The van der Waals surface area contributed by atoms with Gasteiger partial charge in [-0.1, -0.05) is 0 Å². The summed E-state index contributed by atoms with van der Waals surface area (Å²) in [5.41, 5.74) is 2.45. The first-order chi connectivity index (χ1) is 5.93. The van der Waals surface area contributed by atoms with Gasteiger partial charge in [0, 0.05) is 0 Å². The van der Waals surface area contributed by atoms with E-state index in [0.29, 0.717) is 28.9 Å². The summed E-state index contributed by atoms with van der Waals surface area (Å²) in [5.74, 6) is 0. The quantitative estimate of drug-likeness (QED) is 0.512. The Morgan fingerprint density at radius 2 is 2.00 bits per heavy atom. The molecule has 58 valence electrons. The van der Waals surface area contributed by atoms with Crippen molar-refractivity contribution >= 4 is 11.3 Å². The molecule has 0 amide bonds. The monoisotopic (exact) mass is 160 g/mol. The second-order valence-electron chi connectivity index (χ2n) is 2.40. The molecule has 6 heteroatoms. The molecule has 0 atom stereocenters. The van der Waals surface area contributed by atoms with Crippen molar-refractivity contribution < 1.29 is 0 Å². The average molecular weight is 160 g/mol. The van der Waals surface area contributed by atoms with E-state index in [9.17, 15) is 0 Å². The van der Waals surface area contributed by atoms with Crippen LogP contribution in [0.25, 0.3) is 11.3 Å². The molecule has 0 aromatic carbocycles. The van der Waals surface area contributed by atoms with Crippen molar-refractivity contribution in [1.29, 1.82) is 0 Å². The zero-order valence-electron chi connectivity index (χ0n) is 6.02. The Hall–Kier alpha value is -1.85. The van der Waals surface area contributed by atoms with Gasteiger partial charge < -0.3 is 4.98 Å². The molecule has 1 aliphatic rings. The van der Waals surface area contributed by atoms with Gasteiger partial charge in [-0.15, -0.1) is 0 Å². The first-order valence-corrected chi connectivity index (χ1v) is 3.49. The minimum Gasteiger partial charge on any atom is -0.328 e. The van der Waals surface area contributed by atoms with Gasteiger partial charge in [0.25, 0.3) is 0 Å². The van der Waals surface area contributed by atoms with Crippen LogP contribution in [0.5, 0.6) is 0 Å². The average Bonchev–Trinajstić information content (AvgIpc) is 2.64. The Kier molecular flexibility index (Phi) is 0.885. The summed E-state index contributed by atoms with van der Waals surface area (Å²) in [7, 11) is 0. The molecule has 2 aromatic heterocycles. The molecule has 0 aliphatic carbocycles. The van der Waals surface area contributed by atoms with E-state index in [0.717, 1.165) is 0 Å². The van der Waals surface area contributed by atoms with Gasteiger partial charge in [0.2, 0.25) is 0 Å². The maximum absolute atomic E-state index is 4.17. The maximum Gasteiger partial charge on any atom is 0.199 e. The van der Waals surface area contributed by atoms with Gasteiger partial charge in [-0.2, -0.15) is 0 Å². The van der Waals surface area contributed by atoms with E-state index in [1.807, 2.05) is 0 Å². The van der Waals surface area contributed by atoms with Crippen LogP contribution in [0.3, 0.4) is 0 Å². The minimum absolute atomic E-state index is 0.432. The highest BCUT2D eigenvalue weighted by Gasteiger charge is 2.03. The highest BCUT2D eigenvalue weighted by Crippen LogP contribution is 1.94. The normalized spacial score (nSPS) is 14.0. The number of aromatic nitrogens is 4. The fraction of sp³-hybridized carbons (Fsp3) is 0.167. The van der Waals surface area contributed by atoms with E-state index in [-0.39, 0.29) is 0 Å². The van der Waals surface area contributed by atoms with Crippen LogP contribution in [0.1, 0.15) is 0 Å². The van der Waals surface area contributed by atoms with Crippen LogP contribution < -0.4 is 11.0 Å². The topological polar surface area (TPSA) is 79.2 Å². The van der Waals surface area contributed by atoms with Crippen molar-refractivity contribution in [3.8, 4) is 0 Å². The molecule has 1 N–H and O–H groups in total. The van der Waals surface area contributed by atoms with E-state index in [1.165, 1.54) is 0 Å². The number of fused-ring (bicyclic) bond motifs is 2. The first kappa shape index (κ1) is 5.76. The molecule has 0 spiro atoms. The Morgan fingerprint density at radius 3 is 2.92 bits per heavy atom. The number of aromatic amines is 1. The molecule has 1 aliphatic heterocycles. The third kappa shape index (κ3) is 0.609. The van der Waals surface area contributed by atoms with Crippen LogP contribution in [0.4, 0.5) is 0 Å². The summed E-state index contributed by atoms with van der Waals surface area (Å²) < 4.78 is 0. The van der Waals surface area contributed by atoms with Gasteiger partial charge >= 0.3 is 0 Å². The zero-order chi connectivity index (χ0) is 7.97. The lowest BCUT2D eigenvalue weighted by atomic mass is 10.6. The van der Waals surface area contributed by atoms with E-state index >= 15 is 0 Å². The summed E-state index contributed by atoms with van der Waals surface area (Å²) in [5, 5.41) is 0. The fourth-order valence-corrected chi connectivity index (χ4v) is 1.13. The lowest BCUT2D eigenvalue weighted by molar-refractivity contribution is 1.04. The SMILES string of the molecule is c1nc2nc3c(nc2[nH]1)=NCN=3. The van der Waals surface area contributed by atoms with Crippen molar-refractivity contribution in [2.75, 3.05) is 6.67 Å². The predicted octanol–water partition coefficient (Wildman–Crippen LogP) is -1.44. The molecule has 0 radical (unpaired) electrons. The van der Waals surface area contributed by atoms with Crippen molar-refractivity contribution in [3.05, 3.63) is 17.3 Å². The summed E-state index contributed by atoms with van der Waals surface area (Å²) in [6, 6.07) is 0. The number of hydrogen-bond donors (Lipinski definition) is 1. The second kappa shape index (κ2) is 1.84. The van der Waals surface area contributed by atoms with Crippen molar-refractivity contribution in [2.45, 2.75) is 0 Å². The van der Waals surface area contributed by atoms with Crippen molar-refractivity contribution in [1.82, 2.24) is 19.9 Å². The molecule has 3 heterocycles. The van der Waals surface area contributed by atoms with Gasteiger partial charge in [0.15, 0.2) is 22.3 Å². The van der Waals surface area contributed by atoms with Crippen LogP contribution in [-0.2, 0) is 0 Å². The summed E-state index contributed by atoms with van der Waals surface area (Å²) in [6.07, 6.45) is 1.56. The molecular formula is C6H4N6. The van der Waals surface area contributed by atoms with E-state index < -0.39 is 0 Å². The highest BCUT2D eigenvalue weighted by atomic mass is 15.1. The third-order valence-electron chi connectivity index (χ3n) is 1.67. The van der Waals surface area contributed by atoms with E-state index in [4.69, 9.17) is 0 Å². The third-order valence-corrected chi connectivity index (χ3v) is 1.67. The lowest BCUT2D eigenvalue weighted by Crippen LogP contribution is -2.28. The molecule has 0 bridgehead atoms. The van der Waals surface area contributed by atoms with E-state index in [2.05, 4.69) is 29.9 Å². The Balaban J connectivity index is 2.64. The number of rotatable bonds is 0. The van der Waals surface area contributed by atoms with Crippen molar-refractivity contribution in [2.24, 2.45) is 9.98 Å². The summed E-state index contributed by atoms with van der Waals surface area (Å²) >= 11 is 0. The van der Waals surface area contributed by atoms with Crippen LogP contribution in [-0.4, -0.2) is 26.6 Å². The number of imidazole rings is 1. The molecule has 0 saturated carbocycles. The van der Waals surface area contributed by atoms with Crippen LogP contribution >= 0.6 is 0 Å². The number of nitrogens with one attached hydrogen (secondary N) is 1. The Morgan fingerprint density at radius 1 is 1.17 bits per heavy atom. The Labute approximate surface area is 66.1 Å². The van der Waals surface area contributed by atoms with Gasteiger partial charge in [-0.05, 0) is 0 Å². The lowest BCUT2D eigenvalue weighted by Gasteiger charge is -1.82. The molecular weight excluding hydrogens is 156 g/mol. The van der Waals surface area contributed by atoms with E-state index in [1.54, 1.807) is 6.33 Å². The zero-order valence-corrected chi connectivity index (χ0v) is 6.02. The Bertz CT molecular complexity index is 505. The standard InChI is InChI=1S/C6H4N6/c1-7-3-4(8-1)12-6-5(11-3)9-2-10-6/h1H,2H2,(H,7,8,9,10,11,12). The van der Waals surface area contributed by atoms with Gasteiger partial charge in [-0.3, -0.25) is 0 Å². The first-order valence-electron chi connectivity index (χ1n) is 3.49. The predicted molar refractivity (Wildman–Crippen MR) is 38.9 cm³/mol. The van der Waals surface area contributed by atoms with Crippen LogP contribution in [0.15, 0.2) is 16.3 Å². The number of nitrogens with zero attached hydrogens (tertiary/aromatic N) is 5. The van der Waals surface area contributed by atoms with Crippen LogP contribution in [0.2, 0.25) is 0 Å². The molecule has 12 heavy (non-hydrogen) atoms. The maximum atomic E-state index is 4.17. The summed E-state index contributed by atoms with van der Waals surface area (Å²) in [6.45, 7) is 0.432. The highest BCUT2D eigenvalue weighted by molar-refractivity contribution is 5.63. The van der Waals surface area contributed by atoms with Crippen LogP contribution in [0, 0.1) is 0 Å². The van der Waals surface area contributed by atoms with Crippen molar-refractivity contribution in [3.63, 3.8) is 0 Å². The van der Waals surface area contributed by atoms with Gasteiger partial charge in [0.1, 0.15) is 6.67 Å². The number of hydrogen-bond acceptors (Lipinski definition) is 5. The van der Waals surface area contributed by atoms with Gasteiger partial charge in [-0.25, -0.2) is 24.9 Å². The minimum atomic E-state index is 0.432. The second-order valence-corrected chi connectivity index (χ2v) is 2.40. The molecule has 0 saturated heterocycles. The molecule has 0 fully saturated rings. The molecule has 3 rings (SSSR count). The molecule has 0 unspecified atom stereocenters. The molecule has 6 nitrogen and oxygen atoms in total.